The largest absolute Gasteiger partial charge is 0.368 e. The summed E-state index contributed by atoms with van der Waals surface area (Å²) in [6, 6.07) is 8.99. The number of aldehydes is 1. The lowest BCUT2D eigenvalue weighted by molar-refractivity contribution is -0.107. The Labute approximate surface area is 84.5 Å². The molecule has 0 radical (unpaired) electrons. The summed E-state index contributed by atoms with van der Waals surface area (Å²) in [6.07, 6.45) is 2.72. The molecule has 14 heavy (non-hydrogen) atoms. The standard InChI is InChI=1S/C12H15NO/c1-10-9-11-5-2-3-6-12(11)13(10)7-4-8-14/h2-3,5-6,8,10H,4,7,9H2,1H3. The van der Waals surface area contributed by atoms with Crippen LogP contribution in [-0.2, 0) is 11.2 Å². The number of nitrogens with zero attached hydrogens (tertiary/aromatic N) is 1. The molecule has 1 heterocycles. The van der Waals surface area contributed by atoms with Crippen molar-refractivity contribution in [3.63, 3.8) is 0 Å². The molecule has 2 heteroatoms. The second-order valence-corrected chi connectivity index (χ2v) is 3.83. The SMILES string of the molecule is CC1Cc2ccccc2N1CCC=O. The molecule has 0 fully saturated rings. The highest BCUT2D eigenvalue weighted by molar-refractivity contribution is 5.60. The summed E-state index contributed by atoms with van der Waals surface area (Å²) < 4.78 is 0. The van der Waals surface area contributed by atoms with Crippen molar-refractivity contribution in [1.82, 2.24) is 0 Å². The van der Waals surface area contributed by atoms with Gasteiger partial charge in [0.1, 0.15) is 6.29 Å². The van der Waals surface area contributed by atoms with Crippen LogP contribution in [0.15, 0.2) is 24.3 Å². The van der Waals surface area contributed by atoms with Gasteiger partial charge < -0.3 is 9.69 Å². The molecule has 2 rings (SSSR count). The van der Waals surface area contributed by atoms with E-state index in [1.54, 1.807) is 0 Å². The van der Waals surface area contributed by atoms with Crippen LogP contribution in [0.3, 0.4) is 0 Å². The van der Waals surface area contributed by atoms with E-state index >= 15 is 0 Å². The van der Waals surface area contributed by atoms with Gasteiger partial charge in [0.15, 0.2) is 0 Å². The third kappa shape index (κ3) is 1.52. The van der Waals surface area contributed by atoms with Crippen LogP contribution < -0.4 is 4.90 Å². The first-order chi connectivity index (χ1) is 6.83. The third-order valence-electron chi connectivity index (χ3n) is 2.84. The Kier molecular flexibility index (Phi) is 2.53. The Bertz CT molecular complexity index is 335. The van der Waals surface area contributed by atoms with Crippen LogP contribution in [0.25, 0.3) is 0 Å². The van der Waals surface area contributed by atoms with Gasteiger partial charge in [-0.05, 0) is 25.0 Å². The van der Waals surface area contributed by atoms with Gasteiger partial charge in [-0.15, -0.1) is 0 Å². The predicted molar refractivity (Wildman–Crippen MR) is 57.6 cm³/mol. The highest BCUT2D eigenvalue weighted by Crippen LogP contribution is 2.31. The lowest BCUT2D eigenvalue weighted by Gasteiger charge is -2.23. The van der Waals surface area contributed by atoms with Gasteiger partial charge in [-0.1, -0.05) is 18.2 Å². The van der Waals surface area contributed by atoms with E-state index < -0.39 is 0 Å². The van der Waals surface area contributed by atoms with Gasteiger partial charge in [0, 0.05) is 24.7 Å². The fourth-order valence-electron chi connectivity index (χ4n) is 2.16. The number of carbonyl (C=O) groups is 1. The van der Waals surface area contributed by atoms with E-state index in [0.717, 1.165) is 19.3 Å². The zero-order valence-electron chi connectivity index (χ0n) is 8.44. The summed E-state index contributed by atoms with van der Waals surface area (Å²) >= 11 is 0. The Hall–Kier alpha value is -1.31. The molecule has 0 saturated carbocycles. The van der Waals surface area contributed by atoms with Crippen LogP contribution in [0.2, 0.25) is 0 Å². The van der Waals surface area contributed by atoms with Crippen molar-refractivity contribution in [3.05, 3.63) is 29.8 Å². The summed E-state index contributed by atoms with van der Waals surface area (Å²) in [5.41, 5.74) is 2.72. The van der Waals surface area contributed by atoms with Crippen LogP contribution in [0.1, 0.15) is 18.9 Å². The topological polar surface area (TPSA) is 20.3 Å². The Morgan fingerprint density at radius 3 is 3.07 bits per heavy atom. The van der Waals surface area contributed by atoms with Gasteiger partial charge >= 0.3 is 0 Å². The second-order valence-electron chi connectivity index (χ2n) is 3.83. The molecule has 1 atom stereocenters. The molecule has 0 spiro atoms. The van der Waals surface area contributed by atoms with Gasteiger partial charge in [0.25, 0.3) is 0 Å². The zero-order chi connectivity index (χ0) is 9.97. The molecule has 1 aliphatic heterocycles. The molecule has 74 valence electrons. The van der Waals surface area contributed by atoms with Crippen molar-refractivity contribution < 1.29 is 4.79 Å². The minimum Gasteiger partial charge on any atom is -0.368 e. The van der Waals surface area contributed by atoms with E-state index in [0.29, 0.717) is 12.5 Å². The predicted octanol–water partition coefficient (Wildman–Crippen LogP) is 2.03. The monoisotopic (exact) mass is 189 g/mol. The number of benzene rings is 1. The van der Waals surface area contributed by atoms with Crippen LogP contribution >= 0.6 is 0 Å². The molecule has 2 nitrogen and oxygen atoms in total. The van der Waals surface area contributed by atoms with E-state index in [2.05, 4.69) is 36.1 Å². The van der Waals surface area contributed by atoms with Crippen molar-refractivity contribution in [2.75, 3.05) is 11.4 Å². The van der Waals surface area contributed by atoms with Gasteiger partial charge in [-0.2, -0.15) is 0 Å². The highest BCUT2D eigenvalue weighted by atomic mass is 16.1. The molecule has 0 aromatic heterocycles. The maximum absolute atomic E-state index is 10.4. The van der Waals surface area contributed by atoms with Crippen molar-refractivity contribution in [3.8, 4) is 0 Å². The molecule has 1 aromatic rings. The lowest BCUT2D eigenvalue weighted by atomic mass is 10.1. The highest BCUT2D eigenvalue weighted by Gasteiger charge is 2.24. The smallest absolute Gasteiger partial charge is 0.121 e. The van der Waals surface area contributed by atoms with Crippen molar-refractivity contribution in [2.24, 2.45) is 0 Å². The second kappa shape index (κ2) is 3.82. The normalized spacial score (nSPS) is 19.5. The Morgan fingerprint density at radius 1 is 1.50 bits per heavy atom. The Morgan fingerprint density at radius 2 is 2.29 bits per heavy atom. The minimum absolute atomic E-state index is 0.535. The van der Waals surface area contributed by atoms with E-state index in [4.69, 9.17) is 0 Å². The number of para-hydroxylation sites is 1. The number of carbonyl (C=O) groups excluding carboxylic acids is 1. The van der Waals surface area contributed by atoms with E-state index in [1.165, 1.54) is 11.3 Å². The Balaban J connectivity index is 2.21. The molecule has 0 aliphatic carbocycles. The number of anilines is 1. The number of rotatable bonds is 3. The molecular weight excluding hydrogens is 174 g/mol. The molecular formula is C12H15NO. The van der Waals surface area contributed by atoms with Crippen LogP contribution in [-0.4, -0.2) is 18.9 Å². The summed E-state index contributed by atoms with van der Waals surface area (Å²) in [5.74, 6) is 0. The molecule has 0 saturated heterocycles. The van der Waals surface area contributed by atoms with Gasteiger partial charge in [0.05, 0.1) is 0 Å². The van der Waals surface area contributed by atoms with Gasteiger partial charge in [-0.25, -0.2) is 0 Å². The van der Waals surface area contributed by atoms with Crippen LogP contribution in [0.5, 0.6) is 0 Å². The zero-order valence-corrected chi connectivity index (χ0v) is 8.44. The average Bonchev–Trinajstić information content (AvgIpc) is 2.51. The fourth-order valence-corrected chi connectivity index (χ4v) is 2.16. The summed E-state index contributed by atoms with van der Waals surface area (Å²) in [6.45, 7) is 3.06. The third-order valence-corrected chi connectivity index (χ3v) is 2.84. The fraction of sp³-hybridized carbons (Fsp3) is 0.417. The molecule has 1 unspecified atom stereocenters. The van der Waals surface area contributed by atoms with E-state index in [9.17, 15) is 4.79 Å². The lowest BCUT2D eigenvalue weighted by Crippen LogP contribution is -2.30. The van der Waals surface area contributed by atoms with E-state index in [-0.39, 0.29) is 0 Å². The summed E-state index contributed by atoms with van der Waals surface area (Å²) in [7, 11) is 0. The van der Waals surface area contributed by atoms with Gasteiger partial charge in [0.2, 0.25) is 0 Å². The first-order valence-electron chi connectivity index (χ1n) is 5.11. The molecule has 0 N–H and O–H groups in total. The number of hydrogen-bond acceptors (Lipinski definition) is 2. The van der Waals surface area contributed by atoms with E-state index in [1.807, 2.05) is 0 Å². The van der Waals surface area contributed by atoms with Crippen molar-refractivity contribution >= 4 is 12.0 Å². The number of fused-ring (bicyclic) bond motifs is 1. The maximum Gasteiger partial charge on any atom is 0.121 e. The molecule has 0 amide bonds. The van der Waals surface area contributed by atoms with Gasteiger partial charge in [-0.3, -0.25) is 0 Å². The minimum atomic E-state index is 0.535. The first-order valence-corrected chi connectivity index (χ1v) is 5.11. The van der Waals surface area contributed by atoms with Crippen molar-refractivity contribution in [2.45, 2.75) is 25.8 Å². The van der Waals surface area contributed by atoms with Crippen LogP contribution in [0, 0.1) is 0 Å². The van der Waals surface area contributed by atoms with Crippen molar-refractivity contribution in [1.29, 1.82) is 0 Å². The summed E-state index contributed by atoms with van der Waals surface area (Å²) in [4.78, 5) is 12.7. The van der Waals surface area contributed by atoms with Crippen LogP contribution in [0.4, 0.5) is 5.69 Å². The summed E-state index contributed by atoms with van der Waals surface area (Å²) in [5, 5.41) is 0. The number of hydrogen-bond donors (Lipinski definition) is 0. The maximum atomic E-state index is 10.4. The first kappa shape index (κ1) is 9.25. The molecule has 0 bridgehead atoms. The molecule has 1 aliphatic rings. The average molecular weight is 189 g/mol. The quantitative estimate of drug-likeness (QED) is 0.678. The molecule has 1 aromatic carbocycles.